The maximum Gasteiger partial charge on any atom is 0.320 e. The highest BCUT2D eigenvalue weighted by Crippen LogP contribution is 2.32. The number of nitrogens with one attached hydrogen (secondary N) is 1. The molecule has 13 heteroatoms. The van der Waals surface area contributed by atoms with Crippen molar-refractivity contribution in [2.24, 2.45) is 5.73 Å². The van der Waals surface area contributed by atoms with Gasteiger partial charge >= 0.3 is 5.97 Å². The number of carbonyl (C=O) groups is 1. The predicted octanol–water partition coefficient (Wildman–Crippen LogP) is -1.66. The number of hydrogen-bond donors (Lipinski definition) is 6. The fraction of sp³-hybridized carbons (Fsp3) is 0.600. The van der Waals surface area contributed by atoms with Crippen LogP contribution in [0.4, 0.5) is 5.82 Å². The van der Waals surface area contributed by atoms with E-state index in [1.54, 1.807) is 0 Å². The highest BCUT2D eigenvalue weighted by atomic mass is 32.2. The summed E-state index contributed by atoms with van der Waals surface area (Å²) >= 11 is 1.46. The first-order valence-electron chi connectivity index (χ1n) is 8.54. The SMILES string of the molecule is N[C@@H](CCSCNc1ncnc2c1ncn2[C@@H]1O[C@H](CO)[C@@H](O)[C@@H]1O)C(=O)O. The van der Waals surface area contributed by atoms with Crippen molar-refractivity contribution in [2.45, 2.75) is 37.0 Å². The molecule has 0 saturated carbocycles. The molecule has 7 N–H and O–H groups in total. The zero-order valence-electron chi connectivity index (χ0n) is 14.7. The van der Waals surface area contributed by atoms with E-state index in [2.05, 4.69) is 20.3 Å². The van der Waals surface area contributed by atoms with Gasteiger partial charge in [0.2, 0.25) is 0 Å². The number of imidazole rings is 1. The van der Waals surface area contributed by atoms with Gasteiger partial charge in [-0.15, -0.1) is 11.8 Å². The number of thioether (sulfide) groups is 1. The van der Waals surface area contributed by atoms with E-state index in [0.29, 0.717) is 35.0 Å². The number of nitrogens with two attached hydrogens (primary N) is 1. The van der Waals surface area contributed by atoms with E-state index in [4.69, 9.17) is 15.6 Å². The van der Waals surface area contributed by atoms with Gasteiger partial charge in [0.1, 0.15) is 30.7 Å². The normalized spacial score (nSPS) is 25.9. The number of carboxylic acids is 1. The lowest BCUT2D eigenvalue weighted by Crippen LogP contribution is -2.33. The fourth-order valence-corrected chi connectivity index (χ4v) is 3.61. The van der Waals surface area contributed by atoms with Crippen LogP contribution < -0.4 is 11.1 Å². The van der Waals surface area contributed by atoms with Gasteiger partial charge in [-0.05, 0) is 12.2 Å². The molecule has 1 aliphatic heterocycles. The minimum atomic E-state index is -1.24. The van der Waals surface area contributed by atoms with Gasteiger partial charge in [-0.1, -0.05) is 0 Å². The molecule has 1 aliphatic rings. The number of rotatable bonds is 9. The van der Waals surface area contributed by atoms with Crippen molar-refractivity contribution in [3.8, 4) is 0 Å². The Hall–Kier alpha value is -2.03. The first-order chi connectivity index (χ1) is 13.4. The molecular weight excluding hydrogens is 392 g/mol. The third-order valence-corrected chi connectivity index (χ3v) is 5.25. The Kier molecular flexibility index (Phi) is 6.64. The highest BCUT2D eigenvalue weighted by Gasteiger charge is 2.44. The average molecular weight is 414 g/mol. The van der Waals surface area contributed by atoms with Crippen molar-refractivity contribution in [3.63, 3.8) is 0 Å². The van der Waals surface area contributed by atoms with Crippen molar-refractivity contribution in [3.05, 3.63) is 12.7 Å². The Labute approximate surface area is 163 Å². The third kappa shape index (κ3) is 4.19. The lowest BCUT2D eigenvalue weighted by Gasteiger charge is -2.16. The van der Waals surface area contributed by atoms with Crippen LogP contribution in [-0.2, 0) is 9.53 Å². The number of nitrogens with zero attached hydrogens (tertiary/aromatic N) is 4. The number of hydrogen-bond acceptors (Lipinski definition) is 11. The van der Waals surface area contributed by atoms with Gasteiger partial charge in [0.15, 0.2) is 23.2 Å². The number of fused-ring (bicyclic) bond motifs is 1. The van der Waals surface area contributed by atoms with E-state index in [1.165, 1.54) is 29.0 Å². The Morgan fingerprint density at radius 1 is 1.36 bits per heavy atom. The van der Waals surface area contributed by atoms with E-state index < -0.39 is 43.2 Å². The smallest absolute Gasteiger partial charge is 0.320 e. The van der Waals surface area contributed by atoms with Crippen LogP contribution in [0.3, 0.4) is 0 Å². The van der Waals surface area contributed by atoms with Crippen molar-refractivity contribution in [1.29, 1.82) is 0 Å². The molecule has 0 bridgehead atoms. The van der Waals surface area contributed by atoms with Crippen LogP contribution in [0.1, 0.15) is 12.6 Å². The lowest BCUT2D eigenvalue weighted by atomic mass is 10.1. The summed E-state index contributed by atoms with van der Waals surface area (Å²) in [6, 6.07) is -0.884. The van der Waals surface area contributed by atoms with Gasteiger partial charge in [0, 0.05) is 0 Å². The molecule has 1 saturated heterocycles. The maximum absolute atomic E-state index is 10.7. The molecule has 0 aliphatic carbocycles. The molecule has 154 valence electrons. The van der Waals surface area contributed by atoms with E-state index in [9.17, 15) is 20.1 Å². The summed E-state index contributed by atoms with van der Waals surface area (Å²) in [5, 5.41) is 41.2. The average Bonchev–Trinajstić information content (AvgIpc) is 3.23. The molecule has 2 aromatic heterocycles. The molecule has 0 radical (unpaired) electrons. The number of aliphatic hydroxyl groups excluding tert-OH is 3. The number of aromatic nitrogens is 4. The molecule has 5 atom stereocenters. The van der Waals surface area contributed by atoms with E-state index >= 15 is 0 Å². The largest absolute Gasteiger partial charge is 0.480 e. The summed E-state index contributed by atoms with van der Waals surface area (Å²) < 4.78 is 6.99. The molecule has 3 rings (SSSR count). The molecule has 0 aromatic carbocycles. The topological polar surface area (TPSA) is 189 Å². The minimum absolute atomic E-state index is 0.348. The number of aliphatic carboxylic acids is 1. The molecule has 0 spiro atoms. The molecule has 28 heavy (non-hydrogen) atoms. The maximum atomic E-state index is 10.7. The molecule has 1 fully saturated rings. The molecule has 0 unspecified atom stereocenters. The van der Waals surface area contributed by atoms with Gasteiger partial charge in [0.25, 0.3) is 0 Å². The number of anilines is 1. The summed E-state index contributed by atoms with van der Waals surface area (Å²) in [6.45, 7) is -0.425. The first-order valence-corrected chi connectivity index (χ1v) is 9.69. The van der Waals surface area contributed by atoms with Crippen molar-refractivity contribution < 1.29 is 30.0 Å². The van der Waals surface area contributed by atoms with E-state index in [0.717, 1.165) is 0 Å². The van der Waals surface area contributed by atoms with Gasteiger partial charge < -0.3 is 36.2 Å². The monoisotopic (exact) mass is 414 g/mol. The molecule has 12 nitrogen and oxygen atoms in total. The summed E-state index contributed by atoms with van der Waals surface area (Å²) in [6.07, 6.45) is -1.20. The van der Waals surface area contributed by atoms with Crippen LogP contribution in [0.25, 0.3) is 11.2 Å². The highest BCUT2D eigenvalue weighted by molar-refractivity contribution is 7.99. The van der Waals surface area contributed by atoms with Crippen LogP contribution in [0.2, 0.25) is 0 Å². The van der Waals surface area contributed by atoms with Crippen LogP contribution in [-0.4, -0.2) is 88.5 Å². The number of ether oxygens (including phenoxy) is 1. The Morgan fingerprint density at radius 3 is 2.82 bits per heavy atom. The fourth-order valence-electron chi connectivity index (χ4n) is 2.80. The Morgan fingerprint density at radius 2 is 2.14 bits per heavy atom. The Balaban J connectivity index is 1.66. The molecule has 0 amide bonds. The predicted molar refractivity (Wildman–Crippen MR) is 99.5 cm³/mol. The zero-order chi connectivity index (χ0) is 20.3. The second-order valence-corrected chi connectivity index (χ2v) is 7.34. The number of aliphatic hydroxyl groups is 3. The van der Waals surface area contributed by atoms with E-state index in [-0.39, 0.29) is 0 Å². The second-order valence-electron chi connectivity index (χ2n) is 6.24. The van der Waals surface area contributed by atoms with Gasteiger partial charge in [-0.3, -0.25) is 9.36 Å². The van der Waals surface area contributed by atoms with Crippen LogP contribution in [0.15, 0.2) is 12.7 Å². The second kappa shape index (κ2) is 8.98. The summed E-state index contributed by atoms with van der Waals surface area (Å²) in [5.74, 6) is 0.456. The van der Waals surface area contributed by atoms with Gasteiger partial charge in [-0.2, -0.15) is 0 Å². The van der Waals surface area contributed by atoms with Crippen LogP contribution in [0, 0.1) is 0 Å². The van der Waals surface area contributed by atoms with Gasteiger partial charge in [0.05, 0.1) is 18.8 Å². The van der Waals surface area contributed by atoms with E-state index in [1.807, 2.05) is 0 Å². The zero-order valence-corrected chi connectivity index (χ0v) is 15.6. The van der Waals surface area contributed by atoms with Gasteiger partial charge in [-0.25, -0.2) is 15.0 Å². The van der Waals surface area contributed by atoms with Crippen LogP contribution >= 0.6 is 11.8 Å². The quantitative estimate of drug-likeness (QED) is 0.203. The van der Waals surface area contributed by atoms with Crippen molar-refractivity contribution >= 4 is 34.7 Å². The van der Waals surface area contributed by atoms with Crippen molar-refractivity contribution in [2.75, 3.05) is 23.6 Å². The molecule has 2 aromatic rings. The lowest BCUT2D eigenvalue weighted by molar-refractivity contribution is -0.138. The first kappa shape index (κ1) is 20.7. The van der Waals surface area contributed by atoms with Crippen molar-refractivity contribution in [1.82, 2.24) is 19.5 Å². The summed E-state index contributed by atoms with van der Waals surface area (Å²) in [4.78, 5) is 23.3. The number of carboxylic acid groups (broad SMARTS) is 1. The molecule has 3 heterocycles. The standard InChI is InChI=1S/C15H22N6O6S/c16-7(15(25)26)1-2-28-6-20-12-9-13(18-4-17-12)21(5-19-9)14-11(24)10(23)8(3-22)27-14/h4-5,7-8,10-11,14,22-24H,1-3,6,16H2,(H,25,26)(H,17,18,20)/t7-,8+,10+,11-,14+/m0/s1. The Bertz CT molecular complexity index is 821. The summed E-state index contributed by atoms with van der Waals surface area (Å²) in [7, 11) is 0. The van der Waals surface area contributed by atoms with Crippen LogP contribution in [0.5, 0.6) is 0 Å². The molecular formula is C15H22N6O6S. The summed E-state index contributed by atoms with van der Waals surface area (Å²) in [5.41, 5.74) is 6.30. The minimum Gasteiger partial charge on any atom is -0.480 e. The third-order valence-electron chi connectivity index (χ3n) is 4.38.